The normalized spacial score (nSPS) is 18.9. The molecule has 0 radical (unpaired) electrons. The molecule has 0 amide bonds. The fraction of sp³-hybridized carbons (Fsp3) is 0.533. The van der Waals surface area contributed by atoms with E-state index in [1.165, 1.54) is 6.07 Å². The molecule has 92 valence electrons. The standard InChI is InChI=1S/C15H19FO/c1-2-14(17)15(10-6-3-7-11-15)12-8-4-5-9-13(12)16/h4-5,8-9H,2-3,6-7,10-11H2,1H3. The van der Waals surface area contributed by atoms with E-state index in [1.54, 1.807) is 12.1 Å². The van der Waals surface area contributed by atoms with Crippen LogP contribution in [0.4, 0.5) is 4.39 Å². The molecule has 2 rings (SSSR count). The van der Waals surface area contributed by atoms with E-state index in [2.05, 4.69) is 0 Å². The van der Waals surface area contributed by atoms with Crippen molar-refractivity contribution in [3.63, 3.8) is 0 Å². The monoisotopic (exact) mass is 234 g/mol. The van der Waals surface area contributed by atoms with E-state index in [-0.39, 0.29) is 11.6 Å². The van der Waals surface area contributed by atoms with Gasteiger partial charge in [-0.25, -0.2) is 4.39 Å². The summed E-state index contributed by atoms with van der Waals surface area (Å²) in [5, 5.41) is 0. The van der Waals surface area contributed by atoms with Gasteiger partial charge in [-0.1, -0.05) is 44.4 Å². The molecule has 0 N–H and O–H groups in total. The summed E-state index contributed by atoms with van der Waals surface area (Å²) in [6.07, 6.45) is 5.32. The maximum atomic E-state index is 14.0. The molecule has 0 saturated heterocycles. The molecule has 1 aliphatic carbocycles. The first-order valence-corrected chi connectivity index (χ1v) is 6.49. The molecule has 0 heterocycles. The third kappa shape index (κ3) is 2.13. The minimum absolute atomic E-state index is 0.197. The lowest BCUT2D eigenvalue weighted by Gasteiger charge is -2.36. The van der Waals surface area contributed by atoms with E-state index in [9.17, 15) is 9.18 Å². The molecule has 1 aromatic rings. The zero-order valence-corrected chi connectivity index (χ0v) is 10.3. The van der Waals surface area contributed by atoms with Crippen molar-refractivity contribution in [3.05, 3.63) is 35.6 Å². The van der Waals surface area contributed by atoms with Gasteiger partial charge in [0, 0.05) is 12.0 Å². The Morgan fingerprint density at radius 2 is 1.88 bits per heavy atom. The van der Waals surface area contributed by atoms with Crippen LogP contribution < -0.4 is 0 Å². The third-order valence-electron chi connectivity index (χ3n) is 3.95. The van der Waals surface area contributed by atoms with E-state index < -0.39 is 5.41 Å². The highest BCUT2D eigenvalue weighted by atomic mass is 19.1. The van der Waals surface area contributed by atoms with Crippen LogP contribution in [0.25, 0.3) is 0 Å². The van der Waals surface area contributed by atoms with Crippen LogP contribution in [-0.4, -0.2) is 5.78 Å². The van der Waals surface area contributed by atoms with Crippen LogP contribution in [0, 0.1) is 5.82 Å². The molecule has 1 fully saturated rings. The van der Waals surface area contributed by atoms with E-state index in [0.717, 1.165) is 32.1 Å². The predicted molar refractivity (Wildman–Crippen MR) is 66.5 cm³/mol. The maximum Gasteiger partial charge on any atom is 0.143 e. The van der Waals surface area contributed by atoms with Gasteiger partial charge >= 0.3 is 0 Å². The van der Waals surface area contributed by atoms with Crippen molar-refractivity contribution in [2.24, 2.45) is 0 Å². The van der Waals surface area contributed by atoms with Gasteiger partial charge in [0.2, 0.25) is 0 Å². The fourth-order valence-corrected chi connectivity index (χ4v) is 3.04. The lowest BCUT2D eigenvalue weighted by molar-refractivity contribution is -0.125. The topological polar surface area (TPSA) is 17.1 Å². The highest BCUT2D eigenvalue weighted by Gasteiger charge is 2.41. The first-order chi connectivity index (χ1) is 8.20. The fourth-order valence-electron chi connectivity index (χ4n) is 3.04. The van der Waals surface area contributed by atoms with Gasteiger partial charge in [0.1, 0.15) is 11.6 Å². The molecule has 0 bridgehead atoms. The smallest absolute Gasteiger partial charge is 0.143 e. The second-order valence-corrected chi connectivity index (χ2v) is 4.90. The zero-order valence-electron chi connectivity index (χ0n) is 10.3. The van der Waals surface area contributed by atoms with Crippen molar-refractivity contribution in [2.45, 2.75) is 50.9 Å². The van der Waals surface area contributed by atoms with Crippen LogP contribution in [0.1, 0.15) is 51.0 Å². The van der Waals surface area contributed by atoms with Gasteiger partial charge in [-0.2, -0.15) is 0 Å². The molecule has 0 spiro atoms. The van der Waals surface area contributed by atoms with Crippen LogP contribution >= 0.6 is 0 Å². The molecular weight excluding hydrogens is 215 g/mol. The number of halogens is 1. The maximum absolute atomic E-state index is 14.0. The predicted octanol–water partition coefficient (Wildman–Crippen LogP) is 4.01. The Bertz CT molecular complexity index is 405. The Kier molecular flexibility index (Phi) is 3.60. The SMILES string of the molecule is CCC(=O)C1(c2ccccc2F)CCCCC1. The van der Waals surface area contributed by atoms with Gasteiger partial charge in [0.15, 0.2) is 0 Å². The average Bonchev–Trinajstić information content (AvgIpc) is 2.39. The van der Waals surface area contributed by atoms with Gasteiger partial charge < -0.3 is 0 Å². The van der Waals surface area contributed by atoms with Crippen LogP contribution in [0.2, 0.25) is 0 Å². The minimum Gasteiger partial charge on any atom is -0.299 e. The van der Waals surface area contributed by atoms with E-state index in [4.69, 9.17) is 0 Å². The van der Waals surface area contributed by atoms with Crippen LogP contribution in [-0.2, 0) is 10.2 Å². The highest BCUT2D eigenvalue weighted by Crippen LogP contribution is 2.41. The molecule has 1 aliphatic rings. The Morgan fingerprint density at radius 1 is 1.24 bits per heavy atom. The van der Waals surface area contributed by atoms with E-state index >= 15 is 0 Å². The van der Waals surface area contributed by atoms with Crippen molar-refractivity contribution in [2.75, 3.05) is 0 Å². The summed E-state index contributed by atoms with van der Waals surface area (Å²) < 4.78 is 14.0. The molecule has 1 nitrogen and oxygen atoms in total. The highest BCUT2D eigenvalue weighted by molar-refractivity contribution is 5.90. The zero-order chi connectivity index (χ0) is 12.3. The van der Waals surface area contributed by atoms with E-state index in [1.807, 2.05) is 13.0 Å². The van der Waals surface area contributed by atoms with Gasteiger partial charge in [-0.3, -0.25) is 4.79 Å². The molecule has 1 saturated carbocycles. The van der Waals surface area contributed by atoms with E-state index in [0.29, 0.717) is 12.0 Å². The lowest BCUT2D eigenvalue weighted by atomic mass is 9.66. The molecule has 17 heavy (non-hydrogen) atoms. The summed E-state index contributed by atoms with van der Waals surface area (Å²) in [7, 11) is 0. The molecule has 0 atom stereocenters. The number of carbonyl (C=O) groups excluding carboxylic acids is 1. The molecule has 2 heteroatoms. The summed E-state index contributed by atoms with van der Waals surface area (Å²) in [6.45, 7) is 1.87. The second-order valence-electron chi connectivity index (χ2n) is 4.90. The molecule has 0 aliphatic heterocycles. The van der Waals surface area contributed by atoms with Gasteiger partial charge in [0.05, 0.1) is 5.41 Å². The Labute approximate surface area is 102 Å². The van der Waals surface area contributed by atoms with Crippen LogP contribution in [0.3, 0.4) is 0 Å². The third-order valence-corrected chi connectivity index (χ3v) is 3.95. The number of ketones is 1. The number of hydrogen-bond donors (Lipinski definition) is 0. The summed E-state index contributed by atoms with van der Waals surface area (Å²) in [5.41, 5.74) is 0.0739. The lowest BCUT2D eigenvalue weighted by Crippen LogP contribution is -2.38. The van der Waals surface area contributed by atoms with Gasteiger partial charge in [-0.15, -0.1) is 0 Å². The Balaban J connectivity index is 2.46. The van der Waals surface area contributed by atoms with Crippen molar-refractivity contribution < 1.29 is 9.18 Å². The van der Waals surface area contributed by atoms with Crippen molar-refractivity contribution >= 4 is 5.78 Å². The van der Waals surface area contributed by atoms with Crippen LogP contribution in [0.5, 0.6) is 0 Å². The van der Waals surface area contributed by atoms with Crippen molar-refractivity contribution in [1.82, 2.24) is 0 Å². The second kappa shape index (κ2) is 4.99. The first-order valence-electron chi connectivity index (χ1n) is 6.49. The van der Waals surface area contributed by atoms with Gasteiger partial charge in [-0.05, 0) is 18.9 Å². The van der Waals surface area contributed by atoms with Crippen molar-refractivity contribution in [3.8, 4) is 0 Å². The number of carbonyl (C=O) groups is 1. The molecule has 1 aromatic carbocycles. The molecular formula is C15H19FO. The quantitative estimate of drug-likeness (QED) is 0.772. The Hall–Kier alpha value is -1.18. The number of benzene rings is 1. The first kappa shape index (κ1) is 12.3. The van der Waals surface area contributed by atoms with Gasteiger partial charge in [0.25, 0.3) is 0 Å². The minimum atomic E-state index is -0.543. The van der Waals surface area contributed by atoms with Crippen LogP contribution in [0.15, 0.2) is 24.3 Å². The average molecular weight is 234 g/mol. The number of rotatable bonds is 3. The Morgan fingerprint density at radius 3 is 2.47 bits per heavy atom. The van der Waals surface area contributed by atoms with Crippen molar-refractivity contribution in [1.29, 1.82) is 0 Å². The molecule has 0 unspecified atom stereocenters. The summed E-state index contributed by atoms with van der Waals surface area (Å²) in [5.74, 6) is -0.0292. The summed E-state index contributed by atoms with van der Waals surface area (Å²) >= 11 is 0. The summed E-state index contributed by atoms with van der Waals surface area (Å²) in [4.78, 5) is 12.3. The molecule has 0 aromatic heterocycles. The number of hydrogen-bond acceptors (Lipinski definition) is 1. The largest absolute Gasteiger partial charge is 0.299 e. The summed E-state index contributed by atoms with van der Waals surface area (Å²) in [6, 6.07) is 6.77. The number of Topliss-reactive ketones (excluding diaryl/α,β-unsaturated/α-hetero) is 1.